The SMILES string of the molecule is CCCCCCCCCCCCCCCCCCNC(=O)CCCCCc1ccc(O)cc1. The van der Waals surface area contributed by atoms with Gasteiger partial charge in [0.2, 0.25) is 5.91 Å². The lowest BCUT2D eigenvalue weighted by atomic mass is 10.0. The van der Waals surface area contributed by atoms with E-state index in [1.165, 1.54) is 102 Å². The van der Waals surface area contributed by atoms with E-state index in [2.05, 4.69) is 12.2 Å². The minimum atomic E-state index is 0.209. The zero-order valence-corrected chi connectivity index (χ0v) is 21.7. The van der Waals surface area contributed by atoms with Crippen LogP contribution in [0.5, 0.6) is 5.75 Å². The van der Waals surface area contributed by atoms with Crippen molar-refractivity contribution in [1.29, 1.82) is 0 Å². The van der Waals surface area contributed by atoms with Crippen molar-refractivity contribution in [3.8, 4) is 5.75 Å². The van der Waals surface area contributed by atoms with E-state index in [9.17, 15) is 9.90 Å². The maximum Gasteiger partial charge on any atom is 0.219 e. The number of aryl methyl sites for hydroxylation is 1. The van der Waals surface area contributed by atoms with Crippen LogP contribution in [0.4, 0.5) is 0 Å². The molecule has 2 N–H and O–H groups in total. The van der Waals surface area contributed by atoms with E-state index < -0.39 is 0 Å². The molecule has 3 heteroatoms. The Morgan fingerprint density at radius 3 is 1.61 bits per heavy atom. The third-order valence-electron chi connectivity index (χ3n) is 6.66. The van der Waals surface area contributed by atoms with Crippen LogP contribution in [-0.2, 0) is 11.2 Å². The second kappa shape index (κ2) is 22.3. The number of phenols is 1. The highest BCUT2D eigenvalue weighted by molar-refractivity contribution is 5.75. The fourth-order valence-electron chi connectivity index (χ4n) is 4.44. The zero-order valence-electron chi connectivity index (χ0n) is 21.7. The normalized spacial score (nSPS) is 11.1. The van der Waals surface area contributed by atoms with Crippen LogP contribution in [0.3, 0.4) is 0 Å². The summed E-state index contributed by atoms with van der Waals surface area (Å²) in [4.78, 5) is 11.9. The Bertz CT molecular complexity index is 555. The van der Waals surface area contributed by atoms with Gasteiger partial charge in [0.15, 0.2) is 0 Å². The molecule has 0 unspecified atom stereocenters. The first-order valence-electron chi connectivity index (χ1n) is 14.3. The van der Waals surface area contributed by atoms with E-state index in [0.717, 1.165) is 38.6 Å². The molecule has 1 amide bonds. The molecule has 0 radical (unpaired) electrons. The third kappa shape index (κ3) is 19.6. The van der Waals surface area contributed by atoms with E-state index in [1.807, 2.05) is 12.1 Å². The number of hydrogen-bond donors (Lipinski definition) is 2. The van der Waals surface area contributed by atoms with Gasteiger partial charge in [0.1, 0.15) is 5.75 Å². The van der Waals surface area contributed by atoms with Crippen molar-refractivity contribution in [3.05, 3.63) is 29.8 Å². The van der Waals surface area contributed by atoms with Gasteiger partial charge in [-0.2, -0.15) is 0 Å². The standard InChI is InChI=1S/C30H53NO2/c1-2-3-4-5-6-7-8-9-10-11-12-13-14-15-16-20-27-31-30(33)22-19-17-18-21-28-23-25-29(32)26-24-28/h23-26,32H,2-22,27H2,1H3,(H,31,33). The molecular formula is C30H53NO2. The number of amides is 1. The van der Waals surface area contributed by atoms with Crippen molar-refractivity contribution in [2.24, 2.45) is 0 Å². The molecule has 0 bridgehead atoms. The van der Waals surface area contributed by atoms with Gasteiger partial charge in [-0.1, -0.05) is 122 Å². The van der Waals surface area contributed by atoms with Gasteiger partial charge in [-0.15, -0.1) is 0 Å². The van der Waals surface area contributed by atoms with Gasteiger partial charge in [-0.05, 0) is 43.4 Å². The zero-order chi connectivity index (χ0) is 23.8. The summed E-state index contributed by atoms with van der Waals surface area (Å²) >= 11 is 0. The summed E-state index contributed by atoms with van der Waals surface area (Å²) in [5.74, 6) is 0.528. The Morgan fingerprint density at radius 1 is 0.636 bits per heavy atom. The second-order valence-corrected chi connectivity index (χ2v) is 9.88. The van der Waals surface area contributed by atoms with E-state index >= 15 is 0 Å². The molecule has 33 heavy (non-hydrogen) atoms. The molecule has 1 rings (SSSR count). The Kier molecular flexibility index (Phi) is 19.9. The molecule has 0 atom stereocenters. The minimum Gasteiger partial charge on any atom is -0.508 e. The molecule has 0 saturated carbocycles. The van der Waals surface area contributed by atoms with Gasteiger partial charge < -0.3 is 10.4 Å². The number of phenolic OH excluding ortho intramolecular Hbond substituents is 1. The van der Waals surface area contributed by atoms with Crippen LogP contribution in [0.1, 0.15) is 141 Å². The topological polar surface area (TPSA) is 49.3 Å². The molecular weight excluding hydrogens is 406 g/mol. The van der Waals surface area contributed by atoms with Gasteiger partial charge in [0.25, 0.3) is 0 Å². The Hall–Kier alpha value is -1.51. The predicted molar refractivity (Wildman–Crippen MR) is 143 cm³/mol. The highest BCUT2D eigenvalue weighted by Crippen LogP contribution is 2.14. The number of nitrogens with one attached hydrogen (secondary N) is 1. The monoisotopic (exact) mass is 459 g/mol. The summed E-state index contributed by atoms with van der Waals surface area (Å²) in [5, 5.41) is 12.4. The Balaban J connectivity index is 1.74. The molecule has 0 heterocycles. The summed E-state index contributed by atoms with van der Waals surface area (Å²) in [7, 11) is 0. The molecule has 0 aliphatic heterocycles. The second-order valence-electron chi connectivity index (χ2n) is 9.88. The number of unbranched alkanes of at least 4 members (excludes halogenated alkanes) is 17. The van der Waals surface area contributed by atoms with Gasteiger partial charge in [-0.3, -0.25) is 4.79 Å². The number of carbonyl (C=O) groups is 1. The van der Waals surface area contributed by atoms with Gasteiger partial charge >= 0.3 is 0 Å². The van der Waals surface area contributed by atoms with Crippen molar-refractivity contribution in [1.82, 2.24) is 5.32 Å². The van der Waals surface area contributed by atoms with Crippen LogP contribution in [0.25, 0.3) is 0 Å². The summed E-state index contributed by atoms with van der Waals surface area (Å²) in [6.07, 6.45) is 26.9. The van der Waals surface area contributed by atoms with Crippen LogP contribution in [0.2, 0.25) is 0 Å². The van der Waals surface area contributed by atoms with Gasteiger partial charge in [0.05, 0.1) is 0 Å². The molecule has 1 aromatic carbocycles. The third-order valence-corrected chi connectivity index (χ3v) is 6.66. The van der Waals surface area contributed by atoms with E-state index in [0.29, 0.717) is 12.2 Å². The van der Waals surface area contributed by atoms with Crippen molar-refractivity contribution in [3.63, 3.8) is 0 Å². The molecule has 0 aromatic heterocycles. The minimum absolute atomic E-state index is 0.209. The first kappa shape index (κ1) is 29.5. The predicted octanol–water partition coefficient (Wildman–Crippen LogP) is 8.87. The Labute approximate surface area is 205 Å². The lowest BCUT2D eigenvalue weighted by Gasteiger charge is -2.06. The van der Waals surface area contributed by atoms with Crippen LogP contribution < -0.4 is 5.32 Å². The van der Waals surface area contributed by atoms with E-state index in [-0.39, 0.29) is 5.91 Å². The fourth-order valence-corrected chi connectivity index (χ4v) is 4.44. The van der Waals surface area contributed by atoms with Crippen molar-refractivity contribution in [2.45, 2.75) is 142 Å². The first-order chi connectivity index (χ1) is 16.2. The molecule has 190 valence electrons. The molecule has 1 aromatic rings. The van der Waals surface area contributed by atoms with Crippen LogP contribution >= 0.6 is 0 Å². The smallest absolute Gasteiger partial charge is 0.219 e. The summed E-state index contributed by atoms with van der Waals surface area (Å²) < 4.78 is 0. The molecule has 0 spiro atoms. The number of aromatic hydroxyl groups is 1. The highest BCUT2D eigenvalue weighted by atomic mass is 16.3. The first-order valence-corrected chi connectivity index (χ1v) is 14.3. The van der Waals surface area contributed by atoms with Crippen molar-refractivity contribution >= 4 is 5.91 Å². The quantitative estimate of drug-likeness (QED) is 0.160. The average Bonchev–Trinajstić information content (AvgIpc) is 2.82. The van der Waals surface area contributed by atoms with Crippen LogP contribution in [0.15, 0.2) is 24.3 Å². The van der Waals surface area contributed by atoms with Gasteiger partial charge in [0, 0.05) is 13.0 Å². The highest BCUT2D eigenvalue weighted by Gasteiger charge is 2.01. The van der Waals surface area contributed by atoms with Crippen molar-refractivity contribution in [2.75, 3.05) is 6.54 Å². The Morgan fingerprint density at radius 2 is 1.09 bits per heavy atom. The summed E-state index contributed by atoms with van der Waals surface area (Å²) in [6.45, 7) is 3.12. The molecule has 0 fully saturated rings. The molecule has 0 aliphatic rings. The number of carbonyl (C=O) groups excluding carboxylic acids is 1. The lowest BCUT2D eigenvalue weighted by molar-refractivity contribution is -0.121. The average molecular weight is 460 g/mol. The lowest BCUT2D eigenvalue weighted by Crippen LogP contribution is -2.23. The largest absolute Gasteiger partial charge is 0.508 e. The van der Waals surface area contributed by atoms with E-state index in [4.69, 9.17) is 0 Å². The number of benzene rings is 1. The summed E-state index contributed by atoms with van der Waals surface area (Å²) in [5.41, 5.74) is 1.25. The maximum absolute atomic E-state index is 11.9. The van der Waals surface area contributed by atoms with E-state index in [1.54, 1.807) is 12.1 Å². The van der Waals surface area contributed by atoms with Crippen LogP contribution in [0, 0.1) is 0 Å². The summed E-state index contributed by atoms with van der Waals surface area (Å²) in [6, 6.07) is 7.42. The molecule has 3 nitrogen and oxygen atoms in total. The van der Waals surface area contributed by atoms with Gasteiger partial charge in [-0.25, -0.2) is 0 Å². The van der Waals surface area contributed by atoms with Crippen molar-refractivity contribution < 1.29 is 9.90 Å². The number of hydrogen-bond acceptors (Lipinski definition) is 2. The molecule has 0 aliphatic carbocycles. The number of rotatable bonds is 23. The maximum atomic E-state index is 11.9. The molecule has 0 saturated heterocycles. The van der Waals surface area contributed by atoms with Crippen LogP contribution in [-0.4, -0.2) is 17.6 Å². The fraction of sp³-hybridized carbons (Fsp3) is 0.767.